The fourth-order valence-electron chi connectivity index (χ4n) is 2.21. The van der Waals surface area contributed by atoms with Gasteiger partial charge in [-0.05, 0) is 24.1 Å². The number of nitrogens with zero attached hydrogens (tertiary/aromatic N) is 4. The Balaban J connectivity index is 1.92. The zero-order valence-corrected chi connectivity index (χ0v) is 11.3. The standard InChI is InChI=1S/C15H16N4O/c1-2-7-19-10-12(9-18-19)15(20)11-3-4-13-14(8-11)17-6-5-16-13/h3-6,8-10,15,20H,2,7H2,1H3. The predicted molar refractivity (Wildman–Crippen MR) is 76.1 cm³/mol. The molecule has 0 aliphatic heterocycles. The van der Waals surface area contributed by atoms with Crippen LogP contribution in [0, 0.1) is 0 Å². The molecule has 5 nitrogen and oxygen atoms in total. The number of hydrogen-bond donors (Lipinski definition) is 1. The van der Waals surface area contributed by atoms with Crippen molar-refractivity contribution in [3.8, 4) is 0 Å². The summed E-state index contributed by atoms with van der Waals surface area (Å²) in [4.78, 5) is 8.48. The van der Waals surface area contributed by atoms with Gasteiger partial charge in [-0.2, -0.15) is 5.10 Å². The lowest BCUT2D eigenvalue weighted by Gasteiger charge is -2.09. The van der Waals surface area contributed by atoms with E-state index in [-0.39, 0.29) is 0 Å². The van der Waals surface area contributed by atoms with Crippen LogP contribution in [-0.2, 0) is 6.54 Å². The molecule has 1 atom stereocenters. The summed E-state index contributed by atoms with van der Waals surface area (Å²) >= 11 is 0. The van der Waals surface area contributed by atoms with E-state index >= 15 is 0 Å². The number of benzene rings is 1. The van der Waals surface area contributed by atoms with Gasteiger partial charge in [0.05, 0.1) is 17.2 Å². The first-order chi connectivity index (χ1) is 9.78. The molecule has 5 heteroatoms. The van der Waals surface area contributed by atoms with Gasteiger partial charge in [0.25, 0.3) is 0 Å². The van der Waals surface area contributed by atoms with Gasteiger partial charge in [0, 0.05) is 30.7 Å². The Morgan fingerprint density at radius 1 is 1.15 bits per heavy atom. The number of aliphatic hydroxyl groups is 1. The van der Waals surface area contributed by atoms with Crippen LogP contribution in [0.3, 0.4) is 0 Å². The first kappa shape index (κ1) is 12.7. The number of aromatic nitrogens is 4. The molecule has 3 aromatic rings. The monoisotopic (exact) mass is 268 g/mol. The maximum absolute atomic E-state index is 10.4. The molecule has 0 spiro atoms. The van der Waals surface area contributed by atoms with Crippen LogP contribution in [-0.4, -0.2) is 24.9 Å². The smallest absolute Gasteiger partial charge is 0.107 e. The number of hydrogen-bond acceptors (Lipinski definition) is 4. The second-order valence-electron chi connectivity index (χ2n) is 4.74. The summed E-state index contributed by atoms with van der Waals surface area (Å²) in [6, 6.07) is 5.61. The maximum atomic E-state index is 10.4. The SMILES string of the molecule is CCCn1cc(C(O)c2ccc3nccnc3c2)cn1. The molecule has 0 aliphatic rings. The Bertz CT molecular complexity index is 722. The van der Waals surface area contributed by atoms with E-state index in [0.717, 1.165) is 35.1 Å². The van der Waals surface area contributed by atoms with Crippen molar-refractivity contribution in [2.24, 2.45) is 0 Å². The molecule has 1 N–H and O–H groups in total. The van der Waals surface area contributed by atoms with Gasteiger partial charge in [-0.25, -0.2) is 0 Å². The van der Waals surface area contributed by atoms with E-state index in [4.69, 9.17) is 0 Å². The van der Waals surface area contributed by atoms with Crippen LogP contribution in [0.4, 0.5) is 0 Å². The summed E-state index contributed by atoms with van der Waals surface area (Å²) in [5.41, 5.74) is 3.20. The molecule has 0 aliphatic carbocycles. The van der Waals surface area contributed by atoms with E-state index in [1.54, 1.807) is 18.6 Å². The van der Waals surface area contributed by atoms with Gasteiger partial charge in [0.2, 0.25) is 0 Å². The largest absolute Gasteiger partial charge is 0.384 e. The van der Waals surface area contributed by atoms with E-state index in [1.165, 1.54) is 0 Å². The Kier molecular flexibility index (Phi) is 3.43. The Hall–Kier alpha value is -2.27. The van der Waals surface area contributed by atoms with Crippen molar-refractivity contribution in [1.29, 1.82) is 0 Å². The van der Waals surface area contributed by atoms with Crippen LogP contribution in [0.15, 0.2) is 43.0 Å². The average Bonchev–Trinajstić information content (AvgIpc) is 2.95. The van der Waals surface area contributed by atoms with Crippen LogP contribution in [0.2, 0.25) is 0 Å². The van der Waals surface area contributed by atoms with Gasteiger partial charge in [-0.15, -0.1) is 0 Å². The number of fused-ring (bicyclic) bond motifs is 1. The van der Waals surface area contributed by atoms with Crippen molar-refractivity contribution in [1.82, 2.24) is 19.7 Å². The van der Waals surface area contributed by atoms with Crippen molar-refractivity contribution < 1.29 is 5.11 Å². The Morgan fingerprint density at radius 3 is 2.75 bits per heavy atom. The molecule has 1 unspecified atom stereocenters. The van der Waals surface area contributed by atoms with Crippen LogP contribution in [0.25, 0.3) is 11.0 Å². The highest BCUT2D eigenvalue weighted by molar-refractivity contribution is 5.74. The Morgan fingerprint density at radius 2 is 1.95 bits per heavy atom. The van der Waals surface area contributed by atoms with E-state index in [2.05, 4.69) is 22.0 Å². The van der Waals surface area contributed by atoms with Crippen LogP contribution in [0.1, 0.15) is 30.6 Å². The van der Waals surface area contributed by atoms with Crippen LogP contribution >= 0.6 is 0 Å². The van der Waals surface area contributed by atoms with E-state index in [0.29, 0.717) is 0 Å². The highest BCUT2D eigenvalue weighted by atomic mass is 16.3. The van der Waals surface area contributed by atoms with E-state index < -0.39 is 6.10 Å². The third-order valence-corrected chi connectivity index (χ3v) is 3.23. The van der Waals surface area contributed by atoms with Crippen LogP contribution in [0.5, 0.6) is 0 Å². The first-order valence-electron chi connectivity index (χ1n) is 6.69. The molecule has 2 heterocycles. The van der Waals surface area contributed by atoms with Gasteiger partial charge in [-0.3, -0.25) is 14.6 Å². The minimum absolute atomic E-state index is 0.688. The van der Waals surface area contributed by atoms with Gasteiger partial charge < -0.3 is 5.11 Å². The molecular formula is C15H16N4O. The van der Waals surface area contributed by atoms with Crippen molar-refractivity contribution in [3.63, 3.8) is 0 Å². The van der Waals surface area contributed by atoms with Gasteiger partial charge >= 0.3 is 0 Å². The zero-order valence-electron chi connectivity index (χ0n) is 11.3. The third kappa shape index (κ3) is 2.40. The van der Waals surface area contributed by atoms with E-state index in [1.807, 2.05) is 29.1 Å². The minimum atomic E-state index is -0.688. The maximum Gasteiger partial charge on any atom is 0.107 e. The molecule has 0 fully saturated rings. The summed E-state index contributed by atoms with van der Waals surface area (Å²) in [6.45, 7) is 2.95. The highest BCUT2D eigenvalue weighted by Gasteiger charge is 2.13. The molecule has 102 valence electrons. The Labute approximate surface area is 116 Å². The lowest BCUT2D eigenvalue weighted by Crippen LogP contribution is -2.00. The second kappa shape index (κ2) is 5.38. The van der Waals surface area contributed by atoms with Crippen molar-refractivity contribution in [2.75, 3.05) is 0 Å². The van der Waals surface area contributed by atoms with Gasteiger partial charge in [0.1, 0.15) is 6.10 Å². The molecule has 0 bridgehead atoms. The van der Waals surface area contributed by atoms with E-state index in [9.17, 15) is 5.11 Å². The second-order valence-corrected chi connectivity index (χ2v) is 4.74. The topological polar surface area (TPSA) is 63.8 Å². The molecule has 3 rings (SSSR count). The number of aliphatic hydroxyl groups excluding tert-OH is 1. The van der Waals surface area contributed by atoms with Crippen molar-refractivity contribution in [3.05, 3.63) is 54.1 Å². The lowest BCUT2D eigenvalue weighted by molar-refractivity contribution is 0.220. The summed E-state index contributed by atoms with van der Waals surface area (Å²) in [5.74, 6) is 0. The molecule has 0 saturated heterocycles. The van der Waals surface area contributed by atoms with Crippen LogP contribution < -0.4 is 0 Å². The number of aryl methyl sites for hydroxylation is 1. The summed E-state index contributed by atoms with van der Waals surface area (Å²) in [6.07, 6.45) is 7.23. The summed E-state index contributed by atoms with van der Waals surface area (Å²) < 4.78 is 1.85. The molecule has 1 aromatic carbocycles. The zero-order chi connectivity index (χ0) is 13.9. The fourth-order valence-corrected chi connectivity index (χ4v) is 2.21. The minimum Gasteiger partial charge on any atom is -0.384 e. The van der Waals surface area contributed by atoms with Gasteiger partial charge in [-0.1, -0.05) is 13.0 Å². The van der Waals surface area contributed by atoms with Crippen molar-refractivity contribution in [2.45, 2.75) is 26.0 Å². The first-order valence-corrected chi connectivity index (χ1v) is 6.69. The average molecular weight is 268 g/mol. The third-order valence-electron chi connectivity index (χ3n) is 3.23. The number of rotatable bonds is 4. The molecule has 0 amide bonds. The summed E-state index contributed by atoms with van der Waals surface area (Å²) in [5, 5.41) is 14.7. The van der Waals surface area contributed by atoms with Crippen molar-refractivity contribution >= 4 is 11.0 Å². The fraction of sp³-hybridized carbons (Fsp3) is 0.267. The molecule has 20 heavy (non-hydrogen) atoms. The normalized spacial score (nSPS) is 12.7. The predicted octanol–water partition coefficient (Wildman–Crippen LogP) is 2.32. The molecule has 0 radical (unpaired) electrons. The lowest BCUT2D eigenvalue weighted by atomic mass is 10.0. The highest BCUT2D eigenvalue weighted by Crippen LogP contribution is 2.23. The van der Waals surface area contributed by atoms with Gasteiger partial charge in [0.15, 0.2) is 0 Å². The molecule has 0 saturated carbocycles. The molecule has 2 aromatic heterocycles. The quantitative estimate of drug-likeness (QED) is 0.788. The molecular weight excluding hydrogens is 252 g/mol. The summed E-state index contributed by atoms with van der Waals surface area (Å²) in [7, 11) is 0.